The molecule has 0 atom stereocenters. The van der Waals surface area contributed by atoms with Crippen molar-refractivity contribution in [1.82, 2.24) is 0 Å². The van der Waals surface area contributed by atoms with Gasteiger partial charge >= 0.3 is 5.97 Å². The molecule has 6 heteroatoms. The summed E-state index contributed by atoms with van der Waals surface area (Å²) in [7, 11) is 0. The smallest absolute Gasteiger partial charge is 0.321 e. The fraction of sp³-hybridized carbons (Fsp3) is 0.0556. The van der Waals surface area contributed by atoms with E-state index < -0.39 is 0 Å². The van der Waals surface area contributed by atoms with Crippen LogP contribution in [0.1, 0.15) is 5.56 Å². The molecule has 0 aromatic heterocycles. The molecular weight excluding hydrogens is 344 g/mol. The van der Waals surface area contributed by atoms with Crippen molar-refractivity contribution in [3.63, 3.8) is 0 Å². The lowest BCUT2D eigenvalue weighted by atomic mass is 10.1. The zero-order valence-corrected chi connectivity index (χ0v) is 14.0. The molecule has 0 N–H and O–H groups in total. The molecule has 0 aliphatic carbocycles. The van der Waals surface area contributed by atoms with E-state index in [0.717, 1.165) is 4.90 Å². The number of benzene rings is 2. The first kappa shape index (κ1) is 17.6. The van der Waals surface area contributed by atoms with Crippen LogP contribution in [0.5, 0.6) is 5.75 Å². The van der Waals surface area contributed by atoms with Gasteiger partial charge in [0.15, 0.2) is 0 Å². The Balaban J connectivity index is 1.90. The van der Waals surface area contributed by atoms with E-state index in [1.807, 2.05) is 12.1 Å². The number of nitrogens with zero attached hydrogens (tertiary/aromatic N) is 2. The number of carbonyl (C=O) groups is 1. The molecule has 0 heterocycles. The number of esters is 1. The van der Waals surface area contributed by atoms with E-state index in [9.17, 15) is 4.79 Å². The summed E-state index contributed by atoms with van der Waals surface area (Å²) in [4.78, 5) is 12.8. The highest BCUT2D eigenvalue weighted by atomic mass is 35.5. The molecule has 0 aliphatic heterocycles. The molecule has 0 amide bonds. The van der Waals surface area contributed by atoms with Crippen molar-refractivity contribution in [3.05, 3.63) is 64.7 Å². The summed E-state index contributed by atoms with van der Waals surface area (Å²) in [5.41, 5.74) is 0.697. The highest BCUT2D eigenvalue weighted by molar-refractivity contribution is 8.00. The number of halogens is 1. The van der Waals surface area contributed by atoms with Crippen molar-refractivity contribution >= 4 is 35.4 Å². The van der Waals surface area contributed by atoms with Crippen LogP contribution in [0.2, 0.25) is 5.02 Å². The number of nitriles is 2. The summed E-state index contributed by atoms with van der Waals surface area (Å²) in [6.07, 6.45) is 1.46. The molecular formula is C18H11ClN2O2S. The van der Waals surface area contributed by atoms with Gasteiger partial charge in [0.25, 0.3) is 0 Å². The molecule has 0 aliphatic rings. The standard InChI is InChI=1S/C18H11ClN2O2S/c19-15-3-7-17(8-4-15)24-12-18(22)23-16-5-1-13(2-6-16)9-14(10-20)11-21/h1-9H,12H2. The molecule has 0 radical (unpaired) electrons. The van der Waals surface area contributed by atoms with Gasteiger partial charge in [-0.2, -0.15) is 10.5 Å². The van der Waals surface area contributed by atoms with Crippen molar-refractivity contribution in [3.8, 4) is 17.9 Å². The minimum Gasteiger partial charge on any atom is -0.426 e. The van der Waals surface area contributed by atoms with Gasteiger partial charge in [0.1, 0.15) is 23.5 Å². The van der Waals surface area contributed by atoms with Gasteiger partial charge in [-0.15, -0.1) is 11.8 Å². The third kappa shape index (κ3) is 5.48. The monoisotopic (exact) mass is 354 g/mol. The van der Waals surface area contributed by atoms with E-state index in [0.29, 0.717) is 16.3 Å². The van der Waals surface area contributed by atoms with Crippen LogP contribution in [0, 0.1) is 22.7 Å². The minimum atomic E-state index is -0.368. The van der Waals surface area contributed by atoms with Crippen LogP contribution in [0.25, 0.3) is 6.08 Å². The van der Waals surface area contributed by atoms with Crippen LogP contribution >= 0.6 is 23.4 Å². The molecule has 0 unspecified atom stereocenters. The molecule has 0 saturated carbocycles. The molecule has 24 heavy (non-hydrogen) atoms. The van der Waals surface area contributed by atoms with Crippen LogP contribution < -0.4 is 4.74 Å². The van der Waals surface area contributed by atoms with Gasteiger partial charge in [-0.3, -0.25) is 4.79 Å². The number of hydrogen-bond donors (Lipinski definition) is 0. The maximum atomic E-state index is 11.8. The normalized spacial score (nSPS) is 9.46. The predicted molar refractivity (Wildman–Crippen MR) is 93.5 cm³/mol. The summed E-state index contributed by atoms with van der Waals surface area (Å²) < 4.78 is 5.24. The SMILES string of the molecule is N#CC(C#N)=Cc1ccc(OC(=O)CSc2ccc(Cl)cc2)cc1. The summed E-state index contributed by atoms with van der Waals surface area (Å²) in [5.74, 6) is 0.216. The van der Waals surface area contributed by atoms with Crippen molar-refractivity contribution in [2.45, 2.75) is 4.90 Å². The van der Waals surface area contributed by atoms with E-state index >= 15 is 0 Å². The Bertz CT molecular complexity index is 815. The van der Waals surface area contributed by atoms with E-state index in [-0.39, 0.29) is 17.3 Å². The number of allylic oxidation sites excluding steroid dienone is 1. The lowest BCUT2D eigenvalue weighted by Gasteiger charge is -2.05. The zero-order valence-electron chi connectivity index (χ0n) is 12.4. The Morgan fingerprint density at radius 2 is 1.71 bits per heavy atom. The van der Waals surface area contributed by atoms with E-state index in [2.05, 4.69) is 0 Å². The second kappa shape index (κ2) is 8.79. The molecule has 0 spiro atoms. The highest BCUT2D eigenvalue weighted by Gasteiger charge is 2.06. The van der Waals surface area contributed by atoms with Crippen LogP contribution in [0.3, 0.4) is 0 Å². The van der Waals surface area contributed by atoms with Gasteiger partial charge in [0.2, 0.25) is 0 Å². The minimum absolute atomic E-state index is 0.0131. The molecule has 118 valence electrons. The Hall–Kier alpha value is -2.73. The lowest BCUT2D eigenvalue weighted by molar-refractivity contribution is -0.131. The third-order valence-electron chi connectivity index (χ3n) is 2.83. The Kier molecular flexibility index (Phi) is 6.45. The van der Waals surface area contributed by atoms with Gasteiger partial charge in [-0.1, -0.05) is 23.7 Å². The van der Waals surface area contributed by atoms with Crippen LogP contribution in [0.15, 0.2) is 59.0 Å². The summed E-state index contributed by atoms with van der Waals surface area (Å²) in [6.45, 7) is 0. The average Bonchev–Trinajstić information content (AvgIpc) is 2.60. The molecule has 2 aromatic rings. The molecule has 4 nitrogen and oxygen atoms in total. The van der Waals surface area contributed by atoms with Crippen molar-refractivity contribution in [2.75, 3.05) is 5.75 Å². The van der Waals surface area contributed by atoms with Crippen molar-refractivity contribution < 1.29 is 9.53 Å². The fourth-order valence-electron chi connectivity index (χ4n) is 1.72. The van der Waals surface area contributed by atoms with Crippen molar-refractivity contribution in [2.24, 2.45) is 0 Å². The second-order valence-corrected chi connectivity index (χ2v) is 6.05. The van der Waals surface area contributed by atoms with E-state index in [1.165, 1.54) is 17.8 Å². The maximum Gasteiger partial charge on any atom is 0.321 e. The first-order valence-corrected chi connectivity index (χ1v) is 8.18. The molecule has 2 rings (SSSR count). The predicted octanol–water partition coefficient (Wildman–Crippen LogP) is 4.47. The quantitative estimate of drug-likeness (QED) is 0.343. The van der Waals surface area contributed by atoms with Gasteiger partial charge in [0.05, 0.1) is 5.75 Å². The molecule has 0 saturated heterocycles. The van der Waals surface area contributed by atoms with Crippen LogP contribution in [-0.2, 0) is 4.79 Å². The van der Waals surface area contributed by atoms with Gasteiger partial charge in [-0.05, 0) is 48.0 Å². The number of rotatable bonds is 5. The number of thioether (sulfide) groups is 1. The molecule has 2 aromatic carbocycles. The highest BCUT2D eigenvalue weighted by Crippen LogP contribution is 2.21. The van der Waals surface area contributed by atoms with Gasteiger partial charge in [-0.25, -0.2) is 0 Å². The van der Waals surface area contributed by atoms with E-state index in [1.54, 1.807) is 48.5 Å². The molecule has 0 fully saturated rings. The summed E-state index contributed by atoms with van der Waals surface area (Å²) in [6, 6.07) is 17.3. The lowest BCUT2D eigenvalue weighted by Crippen LogP contribution is -2.10. The zero-order chi connectivity index (χ0) is 17.4. The summed E-state index contributed by atoms with van der Waals surface area (Å²) >= 11 is 7.16. The Labute approximate surface area is 148 Å². The first-order valence-electron chi connectivity index (χ1n) is 6.82. The average molecular weight is 355 g/mol. The maximum absolute atomic E-state index is 11.8. The number of carbonyl (C=O) groups excluding carboxylic acids is 1. The molecule has 0 bridgehead atoms. The second-order valence-electron chi connectivity index (χ2n) is 4.57. The Morgan fingerprint density at radius 3 is 2.29 bits per heavy atom. The van der Waals surface area contributed by atoms with Crippen molar-refractivity contribution in [1.29, 1.82) is 10.5 Å². The first-order chi connectivity index (χ1) is 11.6. The topological polar surface area (TPSA) is 73.9 Å². The largest absolute Gasteiger partial charge is 0.426 e. The van der Waals surface area contributed by atoms with E-state index in [4.69, 9.17) is 26.9 Å². The third-order valence-corrected chi connectivity index (χ3v) is 4.07. The summed E-state index contributed by atoms with van der Waals surface area (Å²) in [5, 5.41) is 18.1. The number of ether oxygens (including phenoxy) is 1. The van der Waals surface area contributed by atoms with Crippen LogP contribution in [0.4, 0.5) is 0 Å². The van der Waals surface area contributed by atoms with Gasteiger partial charge in [0, 0.05) is 9.92 Å². The van der Waals surface area contributed by atoms with Gasteiger partial charge < -0.3 is 4.74 Å². The van der Waals surface area contributed by atoms with Crippen LogP contribution in [-0.4, -0.2) is 11.7 Å². The number of hydrogen-bond acceptors (Lipinski definition) is 5. The Morgan fingerprint density at radius 1 is 1.08 bits per heavy atom. The fourth-order valence-corrected chi connectivity index (χ4v) is 2.52.